The molecule has 2 N–H and O–H groups in total. The molecule has 3 rings (SSSR count). The van der Waals surface area contributed by atoms with E-state index < -0.39 is 5.91 Å². The Morgan fingerprint density at radius 1 is 1.06 bits per heavy atom. The third-order valence-corrected chi connectivity index (χ3v) is 4.66. The molecule has 1 amide bonds. The Hall–Kier alpha value is -3.82. The number of carbonyl (C=O) groups is 1. The van der Waals surface area contributed by atoms with Gasteiger partial charge in [-0.05, 0) is 29.5 Å². The van der Waals surface area contributed by atoms with E-state index in [2.05, 4.69) is 52.4 Å². The van der Waals surface area contributed by atoms with E-state index in [1.165, 1.54) is 20.5 Å². The minimum absolute atomic E-state index is 0.00595. The molecule has 0 unspecified atom stereocenters. The van der Waals surface area contributed by atoms with E-state index in [4.69, 9.17) is 18.6 Å². The highest BCUT2D eigenvalue weighted by atomic mass is 16.6. The number of nitrogens with zero attached hydrogens (tertiary/aromatic N) is 3. The van der Waals surface area contributed by atoms with Gasteiger partial charge >= 0.3 is 6.08 Å². The van der Waals surface area contributed by atoms with Gasteiger partial charge in [-0.25, -0.2) is 0 Å². The Morgan fingerprint density at radius 3 is 2.28 bits per heavy atom. The number of aromatic nitrogens is 3. The van der Waals surface area contributed by atoms with Crippen LogP contribution in [0, 0.1) is 6.92 Å². The zero-order valence-corrected chi connectivity index (χ0v) is 19.2. The van der Waals surface area contributed by atoms with Crippen LogP contribution >= 0.6 is 0 Å². The van der Waals surface area contributed by atoms with Gasteiger partial charge in [0.1, 0.15) is 12.0 Å². The lowest BCUT2D eigenvalue weighted by molar-refractivity contribution is 0.102. The minimum atomic E-state index is -0.568. The van der Waals surface area contributed by atoms with Gasteiger partial charge < -0.3 is 29.3 Å². The number of ether oxygens (including phenoxy) is 3. The van der Waals surface area contributed by atoms with Gasteiger partial charge in [-0.3, -0.25) is 4.79 Å². The molecule has 0 aliphatic heterocycles. The van der Waals surface area contributed by atoms with Gasteiger partial charge in [0.05, 0.1) is 14.2 Å². The maximum Gasteiger partial charge on any atom is 0.399 e. The summed E-state index contributed by atoms with van der Waals surface area (Å²) in [4.78, 5) is 25.2. The Morgan fingerprint density at radius 2 is 1.72 bits per heavy atom. The molecular weight excluding hydrogens is 414 g/mol. The maximum atomic E-state index is 12.8. The van der Waals surface area contributed by atoms with Crippen molar-refractivity contribution < 1.29 is 23.4 Å². The van der Waals surface area contributed by atoms with Crippen molar-refractivity contribution in [1.29, 1.82) is 0 Å². The first kappa shape index (κ1) is 22.9. The number of nitrogens with one attached hydrogen (secondary N) is 2. The molecule has 1 aromatic carbocycles. The van der Waals surface area contributed by atoms with Crippen molar-refractivity contribution in [1.82, 2.24) is 15.0 Å². The highest BCUT2D eigenvalue weighted by molar-refractivity contribution is 6.04. The summed E-state index contributed by atoms with van der Waals surface area (Å²) in [5.74, 6) is 0.571. The second-order valence-corrected chi connectivity index (χ2v) is 7.98. The van der Waals surface area contributed by atoms with Gasteiger partial charge in [-0.15, -0.1) is 0 Å². The fourth-order valence-electron chi connectivity index (χ4n) is 2.79. The Bertz CT molecular complexity index is 1100. The van der Waals surface area contributed by atoms with Crippen molar-refractivity contribution in [3.05, 3.63) is 41.3 Å². The van der Waals surface area contributed by atoms with Gasteiger partial charge in [-0.1, -0.05) is 32.9 Å². The SMILES string of the molecule is CNc1nc(OC)c(NC(=O)c2coc(Oc3cc(C(C)(C)C)ccc3C)n2)c(OC)n1. The number of anilines is 2. The van der Waals surface area contributed by atoms with Crippen molar-refractivity contribution in [3.8, 4) is 23.6 Å². The second kappa shape index (κ2) is 9.13. The smallest absolute Gasteiger partial charge is 0.399 e. The largest absolute Gasteiger partial charge is 0.479 e. The molecule has 0 saturated carbocycles. The van der Waals surface area contributed by atoms with Crippen LogP contribution in [0.25, 0.3) is 0 Å². The highest BCUT2D eigenvalue weighted by Gasteiger charge is 2.22. The molecule has 32 heavy (non-hydrogen) atoms. The van der Waals surface area contributed by atoms with Crippen molar-refractivity contribution >= 4 is 17.5 Å². The minimum Gasteiger partial charge on any atom is -0.479 e. The first-order valence-electron chi connectivity index (χ1n) is 9.90. The summed E-state index contributed by atoms with van der Waals surface area (Å²) in [5.41, 5.74) is 2.14. The molecule has 10 heteroatoms. The number of benzene rings is 1. The van der Waals surface area contributed by atoms with E-state index in [1.54, 1.807) is 7.05 Å². The molecule has 0 saturated heterocycles. The van der Waals surface area contributed by atoms with Gasteiger partial charge in [0, 0.05) is 7.05 Å². The number of oxazole rings is 1. The summed E-state index contributed by atoms with van der Waals surface area (Å²) in [6.07, 6.45) is 1.15. The number of rotatable bonds is 7. The van der Waals surface area contributed by atoms with Gasteiger partial charge in [0.15, 0.2) is 11.4 Å². The number of hydrogen-bond donors (Lipinski definition) is 2. The van der Waals surface area contributed by atoms with Crippen molar-refractivity contribution in [3.63, 3.8) is 0 Å². The highest BCUT2D eigenvalue weighted by Crippen LogP contribution is 2.33. The predicted octanol–water partition coefficient (Wildman–Crippen LogP) is 4.17. The standard InChI is InChI=1S/C22H27N5O5/c1-12-8-9-13(22(2,3)4)10-15(12)32-21-24-14(11-31-21)17(28)25-16-18(29-6)26-20(23-5)27-19(16)30-7/h8-11H,1-7H3,(H,25,28)(H,23,26,27). The third kappa shape index (κ3) is 4.90. The van der Waals surface area contributed by atoms with E-state index in [0.29, 0.717) is 5.75 Å². The zero-order chi connectivity index (χ0) is 23.5. The number of carbonyl (C=O) groups excluding carboxylic acids is 1. The Balaban J connectivity index is 1.82. The first-order chi connectivity index (χ1) is 15.2. The fraction of sp³-hybridized carbons (Fsp3) is 0.364. The van der Waals surface area contributed by atoms with Crippen LogP contribution < -0.4 is 24.8 Å². The lowest BCUT2D eigenvalue weighted by atomic mass is 9.86. The monoisotopic (exact) mass is 441 g/mol. The van der Waals surface area contributed by atoms with Crippen LogP contribution in [0.3, 0.4) is 0 Å². The van der Waals surface area contributed by atoms with Crippen LogP contribution in [0.2, 0.25) is 0 Å². The number of hydrogen-bond acceptors (Lipinski definition) is 9. The van der Waals surface area contributed by atoms with Crippen LogP contribution in [-0.4, -0.2) is 42.1 Å². The van der Waals surface area contributed by atoms with E-state index in [0.717, 1.165) is 11.1 Å². The van der Waals surface area contributed by atoms with Gasteiger partial charge in [0.25, 0.3) is 5.91 Å². The van der Waals surface area contributed by atoms with Crippen LogP contribution in [0.4, 0.5) is 11.6 Å². The molecule has 3 aromatic rings. The van der Waals surface area contributed by atoms with E-state index >= 15 is 0 Å². The molecule has 0 bridgehead atoms. The lowest BCUT2D eigenvalue weighted by Gasteiger charge is -2.20. The molecule has 0 aliphatic carbocycles. The van der Waals surface area contributed by atoms with Crippen LogP contribution in [-0.2, 0) is 5.41 Å². The topological polar surface area (TPSA) is 121 Å². The molecule has 0 spiro atoms. The molecule has 0 atom stereocenters. The summed E-state index contributed by atoms with van der Waals surface area (Å²) >= 11 is 0. The van der Waals surface area contributed by atoms with Gasteiger partial charge in [-0.2, -0.15) is 15.0 Å². The van der Waals surface area contributed by atoms with E-state index in [1.807, 2.05) is 19.1 Å². The summed E-state index contributed by atoms with van der Waals surface area (Å²) in [5, 5.41) is 5.44. The number of aryl methyl sites for hydroxylation is 1. The summed E-state index contributed by atoms with van der Waals surface area (Å²) in [6, 6.07) is 5.97. The van der Waals surface area contributed by atoms with Crippen LogP contribution in [0.5, 0.6) is 23.6 Å². The molecule has 170 valence electrons. The molecule has 0 fully saturated rings. The molecule has 2 aromatic heterocycles. The average Bonchev–Trinajstić information content (AvgIpc) is 3.23. The number of methoxy groups -OCH3 is 2. The fourth-order valence-corrected chi connectivity index (χ4v) is 2.79. The summed E-state index contributed by atoms with van der Waals surface area (Å²) < 4.78 is 21.7. The number of amides is 1. The second-order valence-electron chi connectivity index (χ2n) is 7.98. The Kier molecular flexibility index (Phi) is 6.52. The molecule has 0 aliphatic rings. The van der Waals surface area contributed by atoms with Gasteiger partial charge in [0.2, 0.25) is 17.7 Å². The van der Waals surface area contributed by atoms with Crippen molar-refractivity contribution in [2.75, 3.05) is 31.9 Å². The normalized spacial score (nSPS) is 11.1. The molecule has 0 radical (unpaired) electrons. The van der Waals surface area contributed by atoms with E-state index in [9.17, 15) is 4.79 Å². The lowest BCUT2D eigenvalue weighted by Crippen LogP contribution is -2.15. The van der Waals surface area contributed by atoms with Crippen LogP contribution in [0.1, 0.15) is 42.4 Å². The zero-order valence-electron chi connectivity index (χ0n) is 19.2. The first-order valence-corrected chi connectivity index (χ1v) is 9.90. The van der Waals surface area contributed by atoms with Crippen LogP contribution in [0.15, 0.2) is 28.9 Å². The third-order valence-electron chi connectivity index (χ3n) is 4.66. The van der Waals surface area contributed by atoms with Crippen molar-refractivity contribution in [2.45, 2.75) is 33.1 Å². The molecular formula is C22H27N5O5. The Labute approximate surface area is 186 Å². The molecule has 10 nitrogen and oxygen atoms in total. The van der Waals surface area contributed by atoms with E-state index in [-0.39, 0.29) is 40.6 Å². The maximum absolute atomic E-state index is 12.8. The predicted molar refractivity (Wildman–Crippen MR) is 119 cm³/mol. The quantitative estimate of drug-likeness (QED) is 0.556. The molecule has 2 heterocycles. The van der Waals surface area contributed by atoms with Crippen molar-refractivity contribution in [2.24, 2.45) is 0 Å². The summed E-state index contributed by atoms with van der Waals surface area (Å²) in [7, 11) is 4.50. The summed E-state index contributed by atoms with van der Waals surface area (Å²) in [6.45, 7) is 8.27. The average molecular weight is 441 g/mol.